The van der Waals surface area contributed by atoms with E-state index in [1.807, 2.05) is 44.2 Å². The fraction of sp³-hybridized carbons (Fsp3) is 0.231. The Bertz CT molecular complexity index is 534. The fourth-order valence-electron chi connectivity index (χ4n) is 1.46. The molecule has 94 valence electrons. The van der Waals surface area contributed by atoms with E-state index in [2.05, 4.69) is 15.5 Å². The van der Waals surface area contributed by atoms with Crippen molar-refractivity contribution in [1.82, 2.24) is 10.2 Å². The maximum Gasteiger partial charge on any atom is 0.413 e. The number of anilines is 1. The van der Waals surface area contributed by atoms with Gasteiger partial charge in [-0.25, -0.2) is 4.79 Å². The highest BCUT2D eigenvalue weighted by Gasteiger charge is 2.10. The van der Waals surface area contributed by atoms with Crippen LogP contribution < -0.4 is 5.32 Å². The molecule has 0 aliphatic rings. The zero-order valence-electron chi connectivity index (χ0n) is 10.4. The van der Waals surface area contributed by atoms with Crippen LogP contribution in [0.4, 0.5) is 10.6 Å². The van der Waals surface area contributed by atoms with Gasteiger partial charge >= 0.3 is 6.09 Å². The number of nitrogens with zero attached hydrogens (tertiary/aromatic N) is 1. The molecule has 0 spiro atoms. The highest BCUT2D eigenvalue weighted by Crippen LogP contribution is 2.14. The first-order chi connectivity index (χ1) is 8.66. The van der Waals surface area contributed by atoms with Gasteiger partial charge in [0.2, 0.25) is 0 Å². The second-order valence-corrected chi connectivity index (χ2v) is 4.01. The number of aromatic nitrogens is 2. The Morgan fingerprint density at radius 2 is 2.06 bits per heavy atom. The van der Waals surface area contributed by atoms with Crippen molar-refractivity contribution in [2.75, 3.05) is 5.32 Å². The number of amides is 1. The molecule has 0 saturated heterocycles. The highest BCUT2D eigenvalue weighted by atomic mass is 16.5. The van der Waals surface area contributed by atoms with Gasteiger partial charge in [0.1, 0.15) is 6.61 Å². The van der Waals surface area contributed by atoms with Crippen LogP contribution in [0.25, 0.3) is 0 Å². The van der Waals surface area contributed by atoms with Gasteiger partial charge in [-0.15, -0.1) is 0 Å². The molecule has 2 rings (SSSR count). The third kappa shape index (κ3) is 2.88. The Labute approximate surface area is 105 Å². The Morgan fingerprint density at radius 3 is 2.67 bits per heavy atom. The van der Waals surface area contributed by atoms with Crippen molar-refractivity contribution < 1.29 is 9.53 Å². The summed E-state index contributed by atoms with van der Waals surface area (Å²) in [5.41, 5.74) is 2.78. The first kappa shape index (κ1) is 12.2. The van der Waals surface area contributed by atoms with Gasteiger partial charge in [-0.05, 0) is 19.4 Å². The van der Waals surface area contributed by atoms with E-state index in [0.717, 1.165) is 16.8 Å². The van der Waals surface area contributed by atoms with Crippen molar-refractivity contribution in [2.45, 2.75) is 20.5 Å². The van der Waals surface area contributed by atoms with E-state index in [9.17, 15) is 4.79 Å². The lowest BCUT2D eigenvalue weighted by Crippen LogP contribution is -2.14. The molecule has 0 saturated carbocycles. The van der Waals surface area contributed by atoms with Crippen molar-refractivity contribution in [1.29, 1.82) is 0 Å². The molecule has 5 heteroatoms. The average molecular weight is 245 g/mol. The summed E-state index contributed by atoms with van der Waals surface area (Å²) in [5, 5.41) is 9.37. The van der Waals surface area contributed by atoms with Crippen molar-refractivity contribution in [2.24, 2.45) is 0 Å². The minimum Gasteiger partial charge on any atom is -0.444 e. The fourth-order valence-corrected chi connectivity index (χ4v) is 1.46. The number of rotatable bonds is 3. The number of aromatic amines is 1. The smallest absolute Gasteiger partial charge is 0.413 e. The second-order valence-electron chi connectivity index (χ2n) is 4.01. The zero-order valence-corrected chi connectivity index (χ0v) is 10.4. The largest absolute Gasteiger partial charge is 0.444 e. The highest BCUT2D eigenvalue weighted by molar-refractivity contribution is 5.84. The minimum atomic E-state index is -0.506. The molecule has 0 radical (unpaired) electrons. The van der Waals surface area contributed by atoms with Gasteiger partial charge in [0, 0.05) is 11.3 Å². The molecule has 1 aromatic carbocycles. The molecule has 0 aliphatic carbocycles. The molecule has 1 heterocycles. The van der Waals surface area contributed by atoms with Crippen molar-refractivity contribution >= 4 is 11.9 Å². The SMILES string of the molecule is Cc1[nH]nc(NC(=O)OCc2ccccc2)c1C. The maximum absolute atomic E-state index is 11.6. The predicted octanol–water partition coefficient (Wildman–Crippen LogP) is 2.78. The molecule has 2 N–H and O–H groups in total. The van der Waals surface area contributed by atoms with Crippen LogP contribution in [0, 0.1) is 13.8 Å². The summed E-state index contributed by atoms with van der Waals surface area (Å²) >= 11 is 0. The van der Waals surface area contributed by atoms with Crippen LogP contribution in [0.1, 0.15) is 16.8 Å². The molecular weight excluding hydrogens is 230 g/mol. The first-order valence-electron chi connectivity index (χ1n) is 5.66. The Hall–Kier alpha value is -2.30. The van der Waals surface area contributed by atoms with E-state index in [1.165, 1.54) is 0 Å². The normalized spacial score (nSPS) is 10.1. The number of hydrogen-bond acceptors (Lipinski definition) is 3. The second kappa shape index (κ2) is 5.35. The van der Waals surface area contributed by atoms with E-state index in [4.69, 9.17) is 4.74 Å². The lowest BCUT2D eigenvalue weighted by Gasteiger charge is -2.05. The van der Waals surface area contributed by atoms with E-state index in [1.54, 1.807) is 0 Å². The van der Waals surface area contributed by atoms with E-state index in [0.29, 0.717) is 5.82 Å². The van der Waals surface area contributed by atoms with E-state index >= 15 is 0 Å². The van der Waals surface area contributed by atoms with Gasteiger partial charge in [0.05, 0.1) is 0 Å². The summed E-state index contributed by atoms with van der Waals surface area (Å²) < 4.78 is 5.09. The maximum atomic E-state index is 11.6. The molecule has 2 aromatic rings. The number of carbonyl (C=O) groups excluding carboxylic acids is 1. The number of hydrogen-bond donors (Lipinski definition) is 2. The van der Waals surface area contributed by atoms with Crippen LogP contribution in [0.15, 0.2) is 30.3 Å². The number of ether oxygens (including phenoxy) is 1. The third-order valence-corrected chi connectivity index (χ3v) is 2.69. The first-order valence-corrected chi connectivity index (χ1v) is 5.66. The quantitative estimate of drug-likeness (QED) is 0.873. The minimum absolute atomic E-state index is 0.245. The lowest BCUT2D eigenvalue weighted by molar-refractivity contribution is 0.155. The summed E-state index contributed by atoms with van der Waals surface area (Å²) in [6, 6.07) is 9.52. The van der Waals surface area contributed by atoms with Crippen molar-refractivity contribution in [3.63, 3.8) is 0 Å². The van der Waals surface area contributed by atoms with Crippen LogP contribution in [-0.4, -0.2) is 16.3 Å². The summed E-state index contributed by atoms with van der Waals surface area (Å²) in [4.78, 5) is 11.6. The number of benzene rings is 1. The molecule has 0 fully saturated rings. The van der Waals surface area contributed by atoms with E-state index < -0.39 is 6.09 Å². The van der Waals surface area contributed by atoms with Gasteiger partial charge in [-0.2, -0.15) is 5.10 Å². The molecule has 0 aliphatic heterocycles. The Morgan fingerprint density at radius 1 is 1.33 bits per heavy atom. The summed E-state index contributed by atoms with van der Waals surface area (Å²) in [6.45, 7) is 4.02. The standard InChI is InChI=1S/C13H15N3O2/c1-9-10(2)15-16-12(9)14-13(17)18-8-11-6-4-3-5-7-11/h3-7H,8H2,1-2H3,(H2,14,15,16,17). The molecule has 1 aromatic heterocycles. The molecular formula is C13H15N3O2. The monoisotopic (exact) mass is 245 g/mol. The van der Waals surface area contributed by atoms with Gasteiger partial charge in [0.25, 0.3) is 0 Å². The van der Waals surface area contributed by atoms with Crippen LogP contribution in [-0.2, 0) is 11.3 Å². The van der Waals surface area contributed by atoms with Crippen LogP contribution in [0.3, 0.4) is 0 Å². The van der Waals surface area contributed by atoms with Gasteiger partial charge in [-0.3, -0.25) is 10.4 Å². The Balaban J connectivity index is 1.88. The molecule has 5 nitrogen and oxygen atoms in total. The molecule has 1 amide bonds. The number of carbonyl (C=O) groups is 1. The topological polar surface area (TPSA) is 67.0 Å². The molecule has 0 bridgehead atoms. The average Bonchev–Trinajstić information content (AvgIpc) is 2.70. The van der Waals surface area contributed by atoms with E-state index in [-0.39, 0.29) is 6.61 Å². The van der Waals surface area contributed by atoms with Gasteiger partial charge < -0.3 is 4.74 Å². The molecule has 0 unspecified atom stereocenters. The van der Waals surface area contributed by atoms with Gasteiger partial charge in [-0.1, -0.05) is 30.3 Å². The van der Waals surface area contributed by atoms with Crippen LogP contribution in [0.5, 0.6) is 0 Å². The number of aryl methyl sites for hydroxylation is 1. The molecule has 18 heavy (non-hydrogen) atoms. The predicted molar refractivity (Wildman–Crippen MR) is 68.3 cm³/mol. The van der Waals surface area contributed by atoms with Crippen molar-refractivity contribution in [3.8, 4) is 0 Å². The lowest BCUT2D eigenvalue weighted by atomic mass is 10.2. The summed E-state index contributed by atoms with van der Waals surface area (Å²) in [5.74, 6) is 0.505. The summed E-state index contributed by atoms with van der Waals surface area (Å²) in [6.07, 6.45) is -0.506. The Kier molecular flexibility index (Phi) is 3.62. The zero-order chi connectivity index (χ0) is 13.0. The number of H-pyrrole nitrogens is 1. The van der Waals surface area contributed by atoms with Gasteiger partial charge in [0.15, 0.2) is 5.82 Å². The third-order valence-electron chi connectivity index (χ3n) is 2.69. The van der Waals surface area contributed by atoms with Crippen LogP contribution >= 0.6 is 0 Å². The van der Waals surface area contributed by atoms with Crippen LogP contribution in [0.2, 0.25) is 0 Å². The number of nitrogens with one attached hydrogen (secondary N) is 2. The van der Waals surface area contributed by atoms with Crippen molar-refractivity contribution in [3.05, 3.63) is 47.2 Å². The summed E-state index contributed by atoms with van der Waals surface area (Å²) in [7, 11) is 0. The molecule has 0 atom stereocenters.